The normalized spacial score (nSPS) is 13.8. The van der Waals surface area contributed by atoms with Gasteiger partial charge in [0, 0.05) is 19.4 Å². The summed E-state index contributed by atoms with van der Waals surface area (Å²) in [6.07, 6.45) is 51.1. The lowest BCUT2D eigenvalue weighted by Gasteiger charge is -2.19. The molecule has 330 valence electrons. The Kier molecular flexibility index (Phi) is 41.6. The minimum absolute atomic E-state index is 0.0430. The number of allylic oxidation sites excluding steroid dienone is 10. The molecule has 0 bridgehead atoms. The Morgan fingerprint density at radius 2 is 0.930 bits per heavy atom. The maximum absolute atomic E-state index is 12.6. The van der Waals surface area contributed by atoms with Crippen molar-refractivity contribution in [1.82, 2.24) is 0 Å². The van der Waals surface area contributed by atoms with Gasteiger partial charge in [-0.2, -0.15) is 0 Å². The molecule has 3 N–H and O–H groups in total. The van der Waals surface area contributed by atoms with Crippen molar-refractivity contribution in [2.75, 3.05) is 26.4 Å². The molecule has 10 heteroatoms. The number of phosphoric ester groups is 1. The Morgan fingerprint density at radius 3 is 1.44 bits per heavy atom. The van der Waals surface area contributed by atoms with E-state index in [4.69, 9.17) is 24.3 Å². The third-order valence-electron chi connectivity index (χ3n) is 9.38. The van der Waals surface area contributed by atoms with Gasteiger partial charge in [0.25, 0.3) is 0 Å². The third kappa shape index (κ3) is 43.1. The lowest BCUT2D eigenvalue weighted by molar-refractivity contribution is -0.161. The number of esters is 2. The van der Waals surface area contributed by atoms with Crippen molar-refractivity contribution < 1.29 is 37.6 Å². The van der Waals surface area contributed by atoms with Crippen molar-refractivity contribution in [3.05, 3.63) is 60.8 Å². The molecule has 0 saturated carbocycles. The number of nitrogens with two attached hydrogens (primary N) is 1. The van der Waals surface area contributed by atoms with E-state index < -0.39 is 32.5 Å². The second-order valence-corrected chi connectivity index (χ2v) is 16.4. The summed E-state index contributed by atoms with van der Waals surface area (Å²) >= 11 is 0. The predicted molar refractivity (Wildman–Crippen MR) is 238 cm³/mol. The Labute approximate surface area is 349 Å². The van der Waals surface area contributed by atoms with E-state index in [0.717, 1.165) is 57.8 Å². The number of hydrogen-bond donors (Lipinski definition) is 2. The highest BCUT2D eigenvalue weighted by atomic mass is 31.2. The summed E-state index contributed by atoms with van der Waals surface area (Å²) in [4.78, 5) is 34.9. The molecule has 0 rings (SSSR count). The molecular weight excluding hydrogens is 737 g/mol. The fourth-order valence-electron chi connectivity index (χ4n) is 5.97. The summed E-state index contributed by atoms with van der Waals surface area (Å²) in [6, 6.07) is 0. The van der Waals surface area contributed by atoms with E-state index in [9.17, 15) is 19.0 Å². The Bertz CT molecular complexity index is 1120. The van der Waals surface area contributed by atoms with Gasteiger partial charge in [-0.05, 0) is 77.0 Å². The molecule has 0 aromatic carbocycles. The topological polar surface area (TPSA) is 134 Å². The van der Waals surface area contributed by atoms with Crippen LogP contribution in [0.5, 0.6) is 0 Å². The Morgan fingerprint density at radius 1 is 0.526 bits per heavy atom. The van der Waals surface area contributed by atoms with Crippen LogP contribution >= 0.6 is 7.82 Å². The van der Waals surface area contributed by atoms with E-state index in [1.807, 2.05) is 6.08 Å². The first-order chi connectivity index (χ1) is 27.8. The zero-order chi connectivity index (χ0) is 41.8. The van der Waals surface area contributed by atoms with E-state index in [2.05, 4.69) is 68.5 Å². The summed E-state index contributed by atoms with van der Waals surface area (Å²) in [7, 11) is -4.39. The molecule has 0 aromatic heterocycles. The van der Waals surface area contributed by atoms with Crippen LogP contribution in [0.15, 0.2) is 60.8 Å². The van der Waals surface area contributed by atoms with Gasteiger partial charge in [0.2, 0.25) is 0 Å². The maximum atomic E-state index is 12.6. The van der Waals surface area contributed by atoms with E-state index >= 15 is 0 Å². The first-order valence-corrected chi connectivity index (χ1v) is 24.3. The molecule has 0 saturated heterocycles. The van der Waals surface area contributed by atoms with Gasteiger partial charge < -0.3 is 20.1 Å². The zero-order valence-electron chi connectivity index (χ0n) is 36.3. The zero-order valence-corrected chi connectivity index (χ0v) is 37.2. The van der Waals surface area contributed by atoms with Crippen LogP contribution in [-0.4, -0.2) is 49.3 Å². The van der Waals surface area contributed by atoms with Crippen LogP contribution in [0.25, 0.3) is 0 Å². The molecule has 0 aliphatic rings. The minimum atomic E-state index is -4.39. The Hall–Kier alpha value is -2.29. The second kappa shape index (κ2) is 43.3. The Balaban J connectivity index is 4.21. The lowest BCUT2D eigenvalue weighted by Crippen LogP contribution is -2.29. The number of phosphoric acid groups is 1. The first kappa shape index (κ1) is 54.7. The van der Waals surface area contributed by atoms with Crippen LogP contribution in [-0.2, 0) is 32.7 Å². The van der Waals surface area contributed by atoms with Crippen LogP contribution in [0.3, 0.4) is 0 Å². The summed E-state index contributed by atoms with van der Waals surface area (Å²) in [5.41, 5.74) is 5.35. The molecule has 9 nitrogen and oxygen atoms in total. The fourth-order valence-corrected chi connectivity index (χ4v) is 6.74. The molecule has 0 heterocycles. The van der Waals surface area contributed by atoms with Crippen LogP contribution < -0.4 is 5.73 Å². The highest BCUT2D eigenvalue weighted by molar-refractivity contribution is 7.47. The molecule has 0 spiro atoms. The van der Waals surface area contributed by atoms with Gasteiger partial charge in [-0.25, -0.2) is 4.57 Å². The van der Waals surface area contributed by atoms with Crippen LogP contribution in [0.4, 0.5) is 0 Å². The number of carbonyl (C=O) groups excluding carboxylic acids is 2. The first-order valence-electron chi connectivity index (χ1n) is 22.8. The number of ether oxygens (including phenoxy) is 2. The standard InChI is InChI=1S/C47H84NO8P/c1-3-5-7-9-11-13-15-17-19-21-22-24-25-27-29-31-33-35-37-39-46(49)53-43-45(44-55-57(51,52)54-42-41-48)56-47(50)40-38-36-34-32-30-28-26-23-20-18-16-14-12-10-8-6-4-2/h11,13,17-20,26,28,32,34,45H,3-10,12,14-16,21-25,27,29-31,33,35-44,48H2,1-2H3,(H,51,52). The summed E-state index contributed by atoms with van der Waals surface area (Å²) in [6.45, 7) is 3.64. The van der Waals surface area contributed by atoms with Gasteiger partial charge in [0.05, 0.1) is 13.2 Å². The molecule has 57 heavy (non-hydrogen) atoms. The largest absolute Gasteiger partial charge is 0.472 e. The van der Waals surface area contributed by atoms with Gasteiger partial charge in [-0.15, -0.1) is 0 Å². The molecule has 0 fully saturated rings. The lowest BCUT2D eigenvalue weighted by atomic mass is 10.1. The number of rotatable bonds is 42. The van der Waals surface area contributed by atoms with Gasteiger partial charge in [-0.3, -0.25) is 18.6 Å². The van der Waals surface area contributed by atoms with Crippen molar-refractivity contribution in [2.45, 2.75) is 200 Å². The van der Waals surface area contributed by atoms with Gasteiger partial charge in [-0.1, -0.05) is 164 Å². The quantitative estimate of drug-likeness (QED) is 0.0267. The summed E-state index contributed by atoms with van der Waals surface area (Å²) in [5, 5.41) is 0. The maximum Gasteiger partial charge on any atom is 0.472 e. The van der Waals surface area contributed by atoms with E-state index in [0.29, 0.717) is 12.8 Å². The molecule has 2 unspecified atom stereocenters. The molecule has 0 amide bonds. The molecule has 2 atom stereocenters. The fraction of sp³-hybridized carbons (Fsp3) is 0.745. The summed E-state index contributed by atoms with van der Waals surface area (Å²) < 4.78 is 32.8. The molecule has 0 aliphatic carbocycles. The number of unbranched alkanes of at least 4 members (excludes halogenated alkanes) is 19. The monoisotopic (exact) mass is 822 g/mol. The van der Waals surface area contributed by atoms with Crippen molar-refractivity contribution in [1.29, 1.82) is 0 Å². The van der Waals surface area contributed by atoms with Crippen LogP contribution in [0.2, 0.25) is 0 Å². The van der Waals surface area contributed by atoms with Crippen molar-refractivity contribution in [3.63, 3.8) is 0 Å². The highest BCUT2D eigenvalue weighted by Crippen LogP contribution is 2.43. The molecule has 0 aliphatic heterocycles. The van der Waals surface area contributed by atoms with Crippen LogP contribution in [0, 0.1) is 0 Å². The molecule has 0 aromatic rings. The molecular formula is C47H84NO8P. The van der Waals surface area contributed by atoms with Crippen molar-refractivity contribution in [3.8, 4) is 0 Å². The van der Waals surface area contributed by atoms with Crippen molar-refractivity contribution >= 4 is 19.8 Å². The minimum Gasteiger partial charge on any atom is -0.462 e. The molecule has 0 radical (unpaired) electrons. The highest BCUT2D eigenvalue weighted by Gasteiger charge is 2.25. The second-order valence-electron chi connectivity index (χ2n) is 14.9. The number of carbonyl (C=O) groups is 2. The van der Waals surface area contributed by atoms with Gasteiger partial charge in [0.1, 0.15) is 6.61 Å². The average molecular weight is 822 g/mol. The summed E-state index contributed by atoms with van der Waals surface area (Å²) in [5.74, 6) is -0.896. The average Bonchev–Trinajstić information content (AvgIpc) is 3.20. The third-order valence-corrected chi connectivity index (χ3v) is 10.4. The van der Waals surface area contributed by atoms with Gasteiger partial charge in [0.15, 0.2) is 6.10 Å². The SMILES string of the molecule is CCCCCC=CCC=CCCCCCCCCCCCC(=O)OCC(COP(=O)(O)OCCN)OC(=O)CCCC=CCC=CCC=CCCCCCCCC. The van der Waals surface area contributed by atoms with Crippen molar-refractivity contribution in [2.24, 2.45) is 5.73 Å². The van der Waals surface area contributed by atoms with Crippen LogP contribution in [0.1, 0.15) is 194 Å². The van der Waals surface area contributed by atoms with E-state index in [1.54, 1.807) is 0 Å². The van der Waals surface area contributed by atoms with E-state index in [1.165, 1.54) is 96.3 Å². The smallest absolute Gasteiger partial charge is 0.462 e. The number of hydrogen-bond acceptors (Lipinski definition) is 8. The van der Waals surface area contributed by atoms with Gasteiger partial charge >= 0.3 is 19.8 Å². The predicted octanol–water partition coefficient (Wildman–Crippen LogP) is 13.3. The van der Waals surface area contributed by atoms with E-state index in [-0.39, 0.29) is 32.6 Å².